The highest BCUT2D eigenvalue weighted by Gasteiger charge is 2.30. The number of benzene rings is 2. The molecule has 2 aromatic rings. The Hall–Kier alpha value is -1.56. The fraction of sp³-hybridized carbons (Fsp3) is 0.500. The van der Waals surface area contributed by atoms with Gasteiger partial charge < -0.3 is 0 Å². The molecule has 0 unspecified atom stereocenters. The molecule has 0 spiro atoms. The summed E-state index contributed by atoms with van der Waals surface area (Å²) in [6.45, 7) is 7.03. The molecular weight excluding hydrogens is 288 g/mol. The highest BCUT2D eigenvalue weighted by Crippen LogP contribution is 2.45. The van der Waals surface area contributed by atoms with E-state index in [2.05, 4.69) is 69.3 Å². The molecular formula is C24H32. The molecule has 2 aromatic carbocycles. The van der Waals surface area contributed by atoms with E-state index in [1.54, 1.807) is 5.56 Å². The van der Waals surface area contributed by atoms with Gasteiger partial charge in [0.2, 0.25) is 0 Å². The number of hydrogen-bond acceptors (Lipinski definition) is 0. The molecule has 1 aliphatic carbocycles. The van der Waals surface area contributed by atoms with Gasteiger partial charge in [0.1, 0.15) is 0 Å². The molecule has 0 aliphatic heterocycles. The minimum Gasteiger partial charge on any atom is -0.0654 e. The van der Waals surface area contributed by atoms with Crippen LogP contribution in [0.5, 0.6) is 0 Å². The van der Waals surface area contributed by atoms with E-state index in [1.165, 1.54) is 55.2 Å². The van der Waals surface area contributed by atoms with Crippen LogP contribution in [0.2, 0.25) is 0 Å². The average molecular weight is 321 g/mol. The first-order valence-electron chi connectivity index (χ1n) is 9.83. The molecule has 24 heavy (non-hydrogen) atoms. The first-order valence-corrected chi connectivity index (χ1v) is 9.83. The fourth-order valence-corrected chi connectivity index (χ4v) is 4.38. The first-order chi connectivity index (χ1) is 11.6. The van der Waals surface area contributed by atoms with Gasteiger partial charge >= 0.3 is 0 Å². The van der Waals surface area contributed by atoms with Crippen LogP contribution in [0.4, 0.5) is 0 Å². The van der Waals surface area contributed by atoms with Gasteiger partial charge in [0.15, 0.2) is 0 Å². The standard InChI is InChI=1S/C24H32/c1-4-16-24(3)17-14-23(15-18-24)22-12-10-21(11-13-22)20-8-6-19(5-2)7-9-20/h6-13,23H,4-5,14-18H2,1-3H3/t23-,24+. The van der Waals surface area contributed by atoms with E-state index in [1.807, 2.05) is 0 Å². The smallest absolute Gasteiger partial charge is 0.0162 e. The van der Waals surface area contributed by atoms with Crippen LogP contribution < -0.4 is 0 Å². The Balaban J connectivity index is 1.66. The van der Waals surface area contributed by atoms with Gasteiger partial charge in [-0.2, -0.15) is 0 Å². The molecule has 0 amide bonds. The molecule has 0 heterocycles. The summed E-state index contributed by atoms with van der Waals surface area (Å²) in [7, 11) is 0. The monoisotopic (exact) mass is 320 g/mol. The van der Waals surface area contributed by atoms with Gasteiger partial charge in [-0.05, 0) is 72.1 Å². The van der Waals surface area contributed by atoms with Crippen LogP contribution in [0.3, 0.4) is 0 Å². The van der Waals surface area contributed by atoms with Crippen molar-refractivity contribution in [1.29, 1.82) is 0 Å². The summed E-state index contributed by atoms with van der Waals surface area (Å²) in [5.41, 5.74) is 6.23. The van der Waals surface area contributed by atoms with Crippen LogP contribution >= 0.6 is 0 Å². The predicted molar refractivity (Wildman–Crippen MR) is 105 cm³/mol. The Bertz CT molecular complexity index is 625. The van der Waals surface area contributed by atoms with E-state index in [4.69, 9.17) is 0 Å². The van der Waals surface area contributed by atoms with Crippen LogP contribution in [0.15, 0.2) is 48.5 Å². The van der Waals surface area contributed by atoms with Crippen molar-refractivity contribution in [1.82, 2.24) is 0 Å². The molecule has 0 nitrogen and oxygen atoms in total. The van der Waals surface area contributed by atoms with Crippen LogP contribution in [0, 0.1) is 5.41 Å². The van der Waals surface area contributed by atoms with Gasteiger partial charge in [0.05, 0.1) is 0 Å². The summed E-state index contributed by atoms with van der Waals surface area (Å²) >= 11 is 0. The highest BCUT2D eigenvalue weighted by molar-refractivity contribution is 5.64. The van der Waals surface area contributed by atoms with E-state index in [0.29, 0.717) is 5.41 Å². The summed E-state index contributed by atoms with van der Waals surface area (Å²) in [5.74, 6) is 0.770. The van der Waals surface area contributed by atoms with Gasteiger partial charge in [-0.15, -0.1) is 0 Å². The van der Waals surface area contributed by atoms with Gasteiger partial charge in [-0.3, -0.25) is 0 Å². The molecule has 0 bridgehead atoms. The molecule has 1 fully saturated rings. The van der Waals surface area contributed by atoms with E-state index in [9.17, 15) is 0 Å². The second kappa shape index (κ2) is 7.55. The van der Waals surface area contributed by atoms with Crippen LogP contribution in [-0.4, -0.2) is 0 Å². The lowest BCUT2D eigenvalue weighted by atomic mass is 9.68. The van der Waals surface area contributed by atoms with Gasteiger partial charge in [-0.25, -0.2) is 0 Å². The lowest BCUT2D eigenvalue weighted by Gasteiger charge is -2.37. The summed E-state index contributed by atoms with van der Waals surface area (Å²) < 4.78 is 0. The molecule has 0 heteroatoms. The third-order valence-corrected chi connectivity index (χ3v) is 6.12. The average Bonchev–Trinajstić information content (AvgIpc) is 2.63. The van der Waals surface area contributed by atoms with Crippen molar-refractivity contribution in [3.05, 3.63) is 59.7 Å². The molecule has 3 rings (SSSR count). The zero-order valence-electron chi connectivity index (χ0n) is 15.6. The molecule has 0 radical (unpaired) electrons. The summed E-state index contributed by atoms with van der Waals surface area (Å²) in [6, 6.07) is 18.4. The van der Waals surface area contributed by atoms with E-state index >= 15 is 0 Å². The van der Waals surface area contributed by atoms with Gasteiger partial charge in [-0.1, -0.05) is 75.7 Å². The Morgan fingerprint density at radius 1 is 0.833 bits per heavy atom. The number of hydrogen-bond donors (Lipinski definition) is 0. The highest BCUT2D eigenvalue weighted by atomic mass is 14.4. The minimum absolute atomic E-state index is 0.603. The number of aryl methyl sites for hydroxylation is 1. The third-order valence-electron chi connectivity index (χ3n) is 6.12. The SMILES string of the molecule is CCC[C@]1(C)CC[C@H](c2ccc(-c3ccc(CC)cc3)cc2)CC1. The topological polar surface area (TPSA) is 0 Å². The summed E-state index contributed by atoms with van der Waals surface area (Å²) in [4.78, 5) is 0. The lowest BCUT2D eigenvalue weighted by molar-refractivity contribution is 0.182. The third kappa shape index (κ3) is 3.91. The van der Waals surface area contributed by atoms with Gasteiger partial charge in [0.25, 0.3) is 0 Å². The van der Waals surface area contributed by atoms with E-state index in [-0.39, 0.29) is 0 Å². The second-order valence-corrected chi connectivity index (χ2v) is 8.01. The van der Waals surface area contributed by atoms with Crippen LogP contribution in [-0.2, 0) is 6.42 Å². The molecule has 0 saturated heterocycles. The van der Waals surface area contributed by atoms with Crippen LogP contribution in [0.1, 0.15) is 76.3 Å². The Kier molecular flexibility index (Phi) is 5.43. The van der Waals surface area contributed by atoms with E-state index < -0.39 is 0 Å². The maximum absolute atomic E-state index is 2.50. The molecule has 0 aromatic heterocycles. The molecule has 0 N–H and O–H groups in total. The van der Waals surface area contributed by atoms with Crippen molar-refractivity contribution in [2.75, 3.05) is 0 Å². The maximum atomic E-state index is 2.50. The number of rotatable bonds is 5. The van der Waals surface area contributed by atoms with Crippen molar-refractivity contribution < 1.29 is 0 Å². The minimum atomic E-state index is 0.603. The van der Waals surface area contributed by atoms with Crippen LogP contribution in [0.25, 0.3) is 11.1 Å². The van der Waals surface area contributed by atoms with Crippen molar-refractivity contribution in [3.63, 3.8) is 0 Å². The van der Waals surface area contributed by atoms with Crippen molar-refractivity contribution >= 4 is 0 Å². The normalized spacial score (nSPS) is 24.0. The predicted octanol–water partition coefficient (Wildman–Crippen LogP) is 7.38. The fourth-order valence-electron chi connectivity index (χ4n) is 4.38. The quantitative estimate of drug-likeness (QED) is 0.539. The Morgan fingerprint density at radius 2 is 1.38 bits per heavy atom. The zero-order valence-corrected chi connectivity index (χ0v) is 15.6. The van der Waals surface area contributed by atoms with Crippen molar-refractivity contribution in [3.8, 4) is 11.1 Å². The molecule has 0 atom stereocenters. The van der Waals surface area contributed by atoms with Crippen molar-refractivity contribution in [2.24, 2.45) is 5.41 Å². The summed E-state index contributed by atoms with van der Waals surface area (Å²) in [6.07, 6.45) is 9.34. The molecule has 1 aliphatic rings. The second-order valence-electron chi connectivity index (χ2n) is 8.01. The Morgan fingerprint density at radius 3 is 1.88 bits per heavy atom. The molecule has 128 valence electrons. The van der Waals surface area contributed by atoms with E-state index in [0.717, 1.165) is 12.3 Å². The largest absolute Gasteiger partial charge is 0.0654 e. The molecule has 1 saturated carbocycles. The zero-order chi connectivity index (χ0) is 17.0. The summed E-state index contributed by atoms with van der Waals surface area (Å²) in [5, 5.41) is 0. The Labute approximate surface area is 148 Å². The lowest BCUT2D eigenvalue weighted by Crippen LogP contribution is -2.23. The van der Waals surface area contributed by atoms with Crippen molar-refractivity contribution in [2.45, 2.75) is 71.6 Å². The van der Waals surface area contributed by atoms with Gasteiger partial charge in [0, 0.05) is 0 Å². The maximum Gasteiger partial charge on any atom is -0.0162 e. The first kappa shape index (κ1) is 17.3.